The van der Waals surface area contributed by atoms with E-state index in [2.05, 4.69) is 170 Å². The van der Waals surface area contributed by atoms with Crippen LogP contribution >= 0.6 is 59.1 Å². The molecule has 348 valence electrons. The predicted octanol–water partition coefficient (Wildman–Crippen LogP) is 17.2. The van der Waals surface area contributed by atoms with Gasteiger partial charge in [-0.1, -0.05) is 176 Å². The molecule has 1 aromatic heterocycles. The van der Waals surface area contributed by atoms with Crippen LogP contribution in [0.3, 0.4) is 0 Å². The number of Topliss-reactive ketones (excluding diaryl/α,β-unsaturated/α-hetero) is 1. The fourth-order valence-corrected chi connectivity index (χ4v) is 8.81. The van der Waals surface area contributed by atoms with E-state index in [4.69, 9.17) is 29.0 Å². The van der Waals surface area contributed by atoms with Crippen LogP contribution in [-0.2, 0) is 24.3 Å². The number of aromatic nitrogens is 1. The number of hydrogen-bond acceptors (Lipinski definition) is 5. The molecule has 0 saturated heterocycles. The number of fused-ring (bicyclic) bond motifs is 1. The molecule has 0 radical (unpaired) electrons. The Kier molecular flexibility index (Phi) is 21.8. The van der Waals surface area contributed by atoms with Crippen LogP contribution in [0.1, 0.15) is 157 Å². The van der Waals surface area contributed by atoms with Crippen LogP contribution in [0, 0.1) is 10.8 Å². The highest BCUT2D eigenvalue weighted by Crippen LogP contribution is 2.44. The van der Waals surface area contributed by atoms with Crippen LogP contribution in [0.5, 0.6) is 0 Å². The molecule has 0 aliphatic carbocycles. The van der Waals surface area contributed by atoms with Gasteiger partial charge in [0.05, 0.1) is 18.0 Å². The maximum atomic E-state index is 11.5. The summed E-state index contributed by atoms with van der Waals surface area (Å²) in [7, 11) is 0. The standard InChI is InChI=1S/C27H36ClNS.C16H19ClN2.C11H22OS.ClH/c1-18(2)20-11-14-23-22(15-20)25(30-27(6,7)8)24(16-26(3,4)5)29(23)17-19-9-12-21(28)13-10-19;1-12(2)14-5-9-16(10-6-14)19(18)11-13-3-7-15(17)8-4-13;1-10(2,3)7-9(12)8-13-11(4,5)6;/h9-15,18H,16-17H2,1-8H3;3-10,12H,11,18H2,1-2H3;7-8H2,1-6H3;1H. The number of nitrogens with zero attached hydrogens (tertiary/aromatic N) is 2. The van der Waals surface area contributed by atoms with Gasteiger partial charge in [-0.3, -0.25) is 4.79 Å². The second kappa shape index (κ2) is 24.3. The van der Waals surface area contributed by atoms with Gasteiger partial charge in [0.25, 0.3) is 0 Å². The van der Waals surface area contributed by atoms with Gasteiger partial charge in [-0.2, -0.15) is 0 Å². The Balaban J connectivity index is 0.000000355. The van der Waals surface area contributed by atoms with Gasteiger partial charge in [-0.25, -0.2) is 5.84 Å². The molecule has 5 aromatic rings. The number of hydrogen-bond donors (Lipinski definition) is 1. The van der Waals surface area contributed by atoms with Crippen molar-refractivity contribution >= 4 is 81.5 Å². The summed E-state index contributed by atoms with van der Waals surface area (Å²) >= 11 is 15.8. The lowest BCUT2D eigenvalue weighted by Crippen LogP contribution is -2.29. The van der Waals surface area contributed by atoms with Crippen molar-refractivity contribution in [2.45, 2.75) is 163 Å². The van der Waals surface area contributed by atoms with E-state index >= 15 is 0 Å². The Morgan fingerprint density at radius 3 is 1.60 bits per heavy atom. The van der Waals surface area contributed by atoms with Crippen LogP contribution in [0.15, 0.2) is 95.9 Å². The third-order valence-corrected chi connectivity index (χ3v) is 12.8. The Morgan fingerprint density at radius 2 is 1.16 bits per heavy atom. The highest BCUT2D eigenvalue weighted by atomic mass is 35.5. The van der Waals surface area contributed by atoms with E-state index in [0.717, 1.165) is 34.3 Å². The number of hydrazine groups is 1. The number of nitrogens with two attached hydrogens (primary N) is 1. The third kappa shape index (κ3) is 20.6. The first-order valence-electron chi connectivity index (χ1n) is 22.1. The second-order valence-electron chi connectivity index (χ2n) is 21.5. The number of carbonyl (C=O) groups excluding carboxylic acids is 1. The fraction of sp³-hybridized carbons (Fsp3) is 0.500. The summed E-state index contributed by atoms with van der Waals surface area (Å²) in [4.78, 5) is 12.9. The minimum atomic E-state index is 0. The number of anilines is 1. The lowest BCUT2D eigenvalue weighted by atomic mass is 9.90. The summed E-state index contributed by atoms with van der Waals surface area (Å²) in [6.45, 7) is 37.1. The van der Waals surface area contributed by atoms with Crippen molar-refractivity contribution in [1.82, 2.24) is 4.57 Å². The van der Waals surface area contributed by atoms with Crippen molar-refractivity contribution in [1.29, 1.82) is 0 Å². The average molecular weight is 956 g/mol. The van der Waals surface area contributed by atoms with E-state index < -0.39 is 0 Å². The van der Waals surface area contributed by atoms with Crippen molar-refractivity contribution in [2.24, 2.45) is 16.7 Å². The Labute approximate surface area is 407 Å². The Bertz CT molecular complexity index is 2150. The van der Waals surface area contributed by atoms with E-state index in [-0.39, 0.29) is 32.7 Å². The molecule has 0 amide bonds. The minimum Gasteiger partial charge on any atom is -0.339 e. The van der Waals surface area contributed by atoms with Crippen molar-refractivity contribution in [3.05, 3.63) is 129 Å². The lowest BCUT2D eigenvalue weighted by molar-refractivity contribution is -0.118. The van der Waals surface area contributed by atoms with Gasteiger partial charge in [-0.15, -0.1) is 35.9 Å². The molecule has 2 N–H and O–H groups in total. The highest BCUT2D eigenvalue weighted by Gasteiger charge is 2.26. The van der Waals surface area contributed by atoms with Gasteiger partial charge < -0.3 is 9.58 Å². The normalized spacial score (nSPS) is 12.1. The molecule has 0 fully saturated rings. The summed E-state index contributed by atoms with van der Waals surface area (Å²) in [5, 5.41) is 4.67. The van der Waals surface area contributed by atoms with Crippen molar-refractivity contribution in [3.63, 3.8) is 0 Å². The molecule has 5 rings (SSSR count). The average Bonchev–Trinajstić information content (AvgIpc) is 3.40. The van der Waals surface area contributed by atoms with E-state index in [1.807, 2.05) is 48.2 Å². The number of benzene rings is 4. The van der Waals surface area contributed by atoms with Crippen LogP contribution in [0.25, 0.3) is 10.9 Å². The molecular formula is C54H78Cl3N3OS2. The zero-order chi connectivity index (χ0) is 46.8. The molecule has 0 saturated carbocycles. The summed E-state index contributed by atoms with van der Waals surface area (Å²) in [6.07, 6.45) is 1.74. The largest absolute Gasteiger partial charge is 0.339 e. The Morgan fingerprint density at radius 1 is 0.667 bits per heavy atom. The number of thioether (sulfide) groups is 2. The third-order valence-electron chi connectivity index (χ3n) is 9.72. The highest BCUT2D eigenvalue weighted by molar-refractivity contribution is 8.01. The summed E-state index contributed by atoms with van der Waals surface area (Å²) < 4.78 is 2.90. The number of rotatable bonds is 12. The van der Waals surface area contributed by atoms with Gasteiger partial charge >= 0.3 is 0 Å². The predicted molar refractivity (Wildman–Crippen MR) is 286 cm³/mol. The molecule has 0 unspecified atom stereocenters. The molecule has 0 aliphatic heterocycles. The summed E-state index contributed by atoms with van der Waals surface area (Å²) in [5.41, 5.74) is 9.29. The zero-order valence-corrected chi connectivity index (χ0v) is 45.2. The van der Waals surface area contributed by atoms with Crippen molar-refractivity contribution in [3.8, 4) is 0 Å². The summed E-state index contributed by atoms with van der Waals surface area (Å²) in [5.74, 6) is 8.17. The zero-order valence-electron chi connectivity index (χ0n) is 41.2. The van der Waals surface area contributed by atoms with E-state index in [0.29, 0.717) is 36.3 Å². The maximum absolute atomic E-state index is 11.5. The molecule has 0 atom stereocenters. The molecular weight excluding hydrogens is 877 g/mol. The first-order chi connectivity index (χ1) is 28.5. The van der Waals surface area contributed by atoms with Gasteiger partial charge in [0.1, 0.15) is 5.78 Å². The summed E-state index contributed by atoms with van der Waals surface area (Å²) in [6, 6.07) is 31.5. The molecule has 9 heteroatoms. The monoisotopic (exact) mass is 953 g/mol. The lowest BCUT2D eigenvalue weighted by Gasteiger charge is -2.24. The quantitative estimate of drug-likeness (QED) is 0.0767. The fourth-order valence-electron chi connectivity index (χ4n) is 6.67. The van der Waals surface area contributed by atoms with Gasteiger partial charge in [-0.05, 0) is 99.9 Å². The van der Waals surface area contributed by atoms with Crippen molar-refractivity contribution < 1.29 is 4.79 Å². The molecule has 0 spiro atoms. The topological polar surface area (TPSA) is 51.3 Å². The second-order valence-corrected chi connectivity index (χ2v) is 26.1. The van der Waals surface area contributed by atoms with Crippen LogP contribution in [0.2, 0.25) is 10.0 Å². The number of halogens is 3. The minimum absolute atomic E-state index is 0. The van der Waals surface area contributed by atoms with Gasteiger partial charge in [0.15, 0.2) is 0 Å². The first kappa shape index (κ1) is 56.5. The Hall–Kier alpha value is -2.58. The molecule has 4 aromatic carbocycles. The molecule has 0 aliphatic rings. The first-order valence-corrected chi connectivity index (χ1v) is 24.7. The van der Waals surface area contributed by atoms with Crippen molar-refractivity contribution in [2.75, 3.05) is 10.8 Å². The molecule has 0 bridgehead atoms. The van der Waals surface area contributed by atoms with Crippen LogP contribution < -0.4 is 10.9 Å². The maximum Gasteiger partial charge on any atom is 0.143 e. The molecule has 4 nitrogen and oxygen atoms in total. The SMILES string of the molecule is CC(C)(C)CC(=O)CSC(C)(C)C.CC(C)c1ccc(N(N)Cc2ccc(Cl)cc2)cc1.CC(C)c1ccc2c(c1)c(SC(C)(C)C)c(CC(C)(C)C)n2Cc1ccc(Cl)cc1.Cl. The van der Waals surface area contributed by atoms with Gasteiger partial charge in [0, 0.05) is 54.0 Å². The molecule has 63 heavy (non-hydrogen) atoms. The van der Waals surface area contributed by atoms with E-state index in [9.17, 15) is 4.79 Å². The number of ketones is 1. The van der Waals surface area contributed by atoms with Crippen LogP contribution in [0.4, 0.5) is 5.69 Å². The molecule has 1 heterocycles. The number of carbonyl (C=O) groups is 1. The van der Waals surface area contributed by atoms with Crippen LogP contribution in [-0.4, -0.2) is 25.6 Å². The van der Waals surface area contributed by atoms with E-state index in [1.54, 1.807) is 16.8 Å². The smallest absolute Gasteiger partial charge is 0.143 e. The van der Waals surface area contributed by atoms with Gasteiger partial charge in [0.2, 0.25) is 0 Å². The van der Waals surface area contributed by atoms with E-state index in [1.165, 1.54) is 38.2 Å².